The molecule has 1 aromatic heterocycles. The Morgan fingerprint density at radius 2 is 1.96 bits per heavy atom. The van der Waals surface area contributed by atoms with Crippen LogP contribution in [0.15, 0.2) is 59.1 Å². The molecule has 8 heteroatoms. The van der Waals surface area contributed by atoms with E-state index in [-0.39, 0.29) is 17.2 Å². The predicted octanol–water partition coefficient (Wildman–Crippen LogP) is 3.07. The van der Waals surface area contributed by atoms with Gasteiger partial charge >= 0.3 is 0 Å². The fraction of sp³-hybridized carbons (Fsp3) is 0.150. The summed E-state index contributed by atoms with van der Waals surface area (Å²) in [5, 5.41) is 11.9. The first kappa shape index (κ1) is 19.8. The van der Waals surface area contributed by atoms with Crippen LogP contribution in [0.1, 0.15) is 16.1 Å². The quantitative estimate of drug-likeness (QED) is 0.545. The van der Waals surface area contributed by atoms with E-state index in [0.717, 1.165) is 10.0 Å². The van der Waals surface area contributed by atoms with Gasteiger partial charge in [0, 0.05) is 23.5 Å². The van der Waals surface area contributed by atoms with Gasteiger partial charge in [-0.05, 0) is 35.9 Å². The van der Waals surface area contributed by atoms with Crippen LogP contribution in [0.25, 0.3) is 11.3 Å². The molecule has 3 N–H and O–H groups in total. The highest BCUT2D eigenvalue weighted by Crippen LogP contribution is 2.21. The molecule has 0 aliphatic carbocycles. The molecule has 1 unspecified atom stereocenters. The highest BCUT2D eigenvalue weighted by molar-refractivity contribution is 9.10. The zero-order valence-corrected chi connectivity index (χ0v) is 16.6. The lowest BCUT2D eigenvalue weighted by Crippen LogP contribution is -2.47. The van der Waals surface area contributed by atoms with Gasteiger partial charge in [0.05, 0.1) is 5.69 Å². The molecule has 0 aliphatic rings. The van der Waals surface area contributed by atoms with E-state index in [4.69, 9.17) is 0 Å². The molecule has 3 aromatic rings. The Morgan fingerprint density at radius 1 is 1.18 bits per heavy atom. The number of hydrogen-bond acceptors (Lipinski definition) is 3. The highest BCUT2D eigenvalue weighted by atomic mass is 79.9. The number of hydrogen-bond donors (Lipinski definition) is 3. The van der Waals surface area contributed by atoms with Gasteiger partial charge in [-0.2, -0.15) is 5.10 Å². The lowest BCUT2D eigenvalue weighted by molar-refractivity contribution is -0.122. The van der Waals surface area contributed by atoms with Crippen LogP contribution >= 0.6 is 15.9 Å². The van der Waals surface area contributed by atoms with E-state index in [0.29, 0.717) is 12.1 Å². The van der Waals surface area contributed by atoms with E-state index >= 15 is 0 Å². The lowest BCUT2D eigenvalue weighted by atomic mass is 10.0. The van der Waals surface area contributed by atoms with Crippen LogP contribution in [0.5, 0.6) is 0 Å². The van der Waals surface area contributed by atoms with Gasteiger partial charge in [-0.3, -0.25) is 14.7 Å². The number of nitrogens with zero attached hydrogens (tertiary/aromatic N) is 1. The summed E-state index contributed by atoms with van der Waals surface area (Å²) < 4.78 is 14.8. The molecular formula is C20H18BrFN4O2. The number of halogens is 2. The Morgan fingerprint density at radius 3 is 2.68 bits per heavy atom. The van der Waals surface area contributed by atoms with E-state index in [1.54, 1.807) is 18.2 Å². The van der Waals surface area contributed by atoms with Gasteiger partial charge in [-0.1, -0.05) is 40.2 Å². The molecular weight excluding hydrogens is 427 g/mol. The maximum atomic E-state index is 13.9. The number of benzene rings is 2. The summed E-state index contributed by atoms with van der Waals surface area (Å²) in [6, 6.07) is 14.3. The Kier molecular flexibility index (Phi) is 6.20. The summed E-state index contributed by atoms with van der Waals surface area (Å²) in [6.07, 6.45) is 0.319. The molecule has 1 atom stereocenters. The Labute approximate surface area is 169 Å². The van der Waals surface area contributed by atoms with Crippen molar-refractivity contribution in [3.63, 3.8) is 0 Å². The van der Waals surface area contributed by atoms with Crippen LogP contribution in [-0.4, -0.2) is 35.1 Å². The molecule has 6 nitrogen and oxygen atoms in total. The van der Waals surface area contributed by atoms with Crippen molar-refractivity contribution in [2.75, 3.05) is 7.05 Å². The fourth-order valence-corrected chi connectivity index (χ4v) is 3.21. The van der Waals surface area contributed by atoms with Gasteiger partial charge in [0.15, 0.2) is 0 Å². The molecule has 1 heterocycles. The number of aromatic amines is 1. The Bertz CT molecular complexity index is 1010. The van der Waals surface area contributed by atoms with Crippen molar-refractivity contribution in [1.29, 1.82) is 0 Å². The number of carbonyl (C=O) groups excluding carboxylic acids is 2. The van der Waals surface area contributed by atoms with E-state index in [1.807, 2.05) is 24.3 Å². The van der Waals surface area contributed by atoms with Gasteiger partial charge in [0.1, 0.15) is 17.6 Å². The van der Waals surface area contributed by atoms with Crippen molar-refractivity contribution in [3.8, 4) is 11.3 Å². The zero-order chi connectivity index (χ0) is 20.1. The number of likely N-dealkylation sites (N-methyl/N-ethyl adjacent to an activating group) is 1. The minimum absolute atomic E-state index is 0.140. The van der Waals surface area contributed by atoms with Crippen LogP contribution in [-0.2, 0) is 11.2 Å². The molecule has 0 bridgehead atoms. The van der Waals surface area contributed by atoms with Gasteiger partial charge < -0.3 is 10.6 Å². The van der Waals surface area contributed by atoms with Gasteiger partial charge in [0.25, 0.3) is 5.91 Å². The second-order valence-electron chi connectivity index (χ2n) is 6.12. The Balaban J connectivity index is 1.77. The third kappa shape index (κ3) is 4.64. The molecule has 144 valence electrons. The minimum Gasteiger partial charge on any atom is -0.357 e. The SMILES string of the molecule is CNC(=O)C(Cc1cccc(Br)c1)NC(=O)c1cc(-c2ccccc2F)n[nH]1. The Hall–Kier alpha value is -3.00. The normalized spacial score (nSPS) is 11.7. The number of aromatic nitrogens is 2. The summed E-state index contributed by atoms with van der Waals surface area (Å²) in [5.41, 5.74) is 1.63. The van der Waals surface area contributed by atoms with Crippen LogP contribution in [0.2, 0.25) is 0 Å². The van der Waals surface area contributed by atoms with Gasteiger partial charge in [0.2, 0.25) is 5.91 Å². The lowest BCUT2D eigenvalue weighted by Gasteiger charge is -2.17. The average molecular weight is 445 g/mol. The van der Waals surface area contributed by atoms with Crippen molar-refractivity contribution < 1.29 is 14.0 Å². The third-order valence-corrected chi connectivity index (χ3v) is 4.66. The maximum absolute atomic E-state index is 13.9. The van der Waals surface area contributed by atoms with E-state index in [2.05, 4.69) is 36.8 Å². The first-order valence-electron chi connectivity index (χ1n) is 8.55. The van der Waals surface area contributed by atoms with Crippen LogP contribution in [0.3, 0.4) is 0 Å². The van der Waals surface area contributed by atoms with Crippen molar-refractivity contribution in [2.45, 2.75) is 12.5 Å². The molecule has 0 saturated carbocycles. The third-order valence-electron chi connectivity index (χ3n) is 4.17. The average Bonchev–Trinajstić information content (AvgIpc) is 3.17. The van der Waals surface area contributed by atoms with Crippen LogP contribution in [0.4, 0.5) is 4.39 Å². The van der Waals surface area contributed by atoms with Crippen molar-refractivity contribution in [2.24, 2.45) is 0 Å². The van der Waals surface area contributed by atoms with Gasteiger partial charge in [-0.25, -0.2) is 4.39 Å². The first-order valence-corrected chi connectivity index (χ1v) is 9.34. The molecule has 0 saturated heterocycles. The highest BCUT2D eigenvalue weighted by Gasteiger charge is 2.22. The van der Waals surface area contributed by atoms with Crippen LogP contribution in [0, 0.1) is 5.82 Å². The largest absolute Gasteiger partial charge is 0.357 e. The second kappa shape index (κ2) is 8.79. The standard InChI is InChI=1S/C20H18BrFN4O2/c1-23-19(27)17(10-12-5-4-6-13(21)9-12)24-20(28)18-11-16(25-26-18)14-7-2-3-8-15(14)22/h2-9,11,17H,10H2,1H3,(H,23,27)(H,24,28)(H,25,26). The van der Waals surface area contributed by atoms with Crippen molar-refractivity contribution in [3.05, 3.63) is 76.1 Å². The number of H-pyrrole nitrogens is 1. The second-order valence-corrected chi connectivity index (χ2v) is 7.04. The topological polar surface area (TPSA) is 86.9 Å². The molecule has 0 aliphatic heterocycles. The molecule has 0 fully saturated rings. The fourth-order valence-electron chi connectivity index (χ4n) is 2.76. The minimum atomic E-state index is -0.771. The molecule has 0 spiro atoms. The van der Waals surface area contributed by atoms with E-state index in [9.17, 15) is 14.0 Å². The van der Waals surface area contributed by atoms with Crippen molar-refractivity contribution in [1.82, 2.24) is 20.8 Å². The summed E-state index contributed by atoms with van der Waals surface area (Å²) in [6.45, 7) is 0. The molecule has 2 amide bonds. The first-order chi connectivity index (χ1) is 13.5. The monoisotopic (exact) mass is 444 g/mol. The smallest absolute Gasteiger partial charge is 0.269 e. The molecule has 3 rings (SSSR count). The predicted molar refractivity (Wildman–Crippen MR) is 107 cm³/mol. The van der Waals surface area contributed by atoms with Crippen LogP contribution < -0.4 is 10.6 Å². The number of amides is 2. The van der Waals surface area contributed by atoms with E-state index < -0.39 is 17.8 Å². The number of rotatable bonds is 6. The van der Waals surface area contributed by atoms with E-state index in [1.165, 1.54) is 19.2 Å². The van der Waals surface area contributed by atoms with Gasteiger partial charge in [-0.15, -0.1) is 0 Å². The maximum Gasteiger partial charge on any atom is 0.269 e. The molecule has 0 radical (unpaired) electrons. The zero-order valence-electron chi connectivity index (χ0n) is 15.0. The summed E-state index contributed by atoms with van der Waals surface area (Å²) in [4.78, 5) is 24.8. The molecule has 2 aromatic carbocycles. The van der Waals surface area contributed by atoms with Crippen molar-refractivity contribution >= 4 is 27.7 Å². The summed E-state index contributed by atoms with van der Waals surface area (Å²) in [7, 11) is 1.51. The number of carbonyl (C=O) groups is 2. The molecule has 28 heavy (non-hydrogen) atoms. The summed E-state index contributed by atoms with van der Waals surface area (Å²) in [5.74, 6) is -1.25. The summed E-state index contributed by atoms with van der Waals surface area (Å²) >= 11 is 3.39. The number of nitrogens with one attached hydrogen (secondary N) is 3.